The molecule has 0 aromatic carbocycles. The van der Waals surface area contributed by atoms with Crippen molar-refractivity contribution in [1.82, 2.24) is 14.3 Å². The molecule has 0 fully saturated rings. The van der Waals surface area contributed by atoms with Crippen molar-refractivity contribution in [2.24, 2.45) is 5.73 Å². The largest absolute Gasteiger partial charge is 0.348 e. The third-order valence-electron chi connectivity index (χ3n) is 3.08. The lowest BCUT2D eigenvalue weighted by Gasteiger charge is -2.07. The third-order valence-corrected chi connectivity index (χ3v) is 3.58. The van der Waals surface area contributed by atoms with Crippen LogP contribution in [0.25, 0.3) is 0 Å². The Hall–Kier alpha value is -1.26. The van der Waals surface area contributed by atoms with E-state index in [2.05, 4.69) is 22.8 Å². The third kappa shape index (κ3) is 2.44. The Morgan fingerprint density at radius 1 is 1.50 bits per heavy atom. The zero-order chi connectivity index (χ0) is 13.3. The van der Waals surface area contributed by atoms with Crippen LogP contribution in [0.3, 0.4) is 0 Å². The van der Waals surface area contributed by atoms with E-state index in [0.717, 1.165) is 35.1 Å². The molecule has 0 aliphatic rings. The molecule has 0 saturated heterocycles. The SMILES string of the molecule is CCn1nc(C)c(Cl)c1Cn1ccc(C(C)N)c1. The molecule has 5 heteroatoms. The van der Waals surface area contributed by atoms with Gasteiger partial charge in [-0.2, -0.15) is 5.10 Å². The van der Waals surface area contributed by atoms with Gasteiger partial charge < -0.3 is 10.3 Å². The summed E-state index contributed by atoms with van der Waals surface area (Å²) >= 11 is 6.29. The second-order valence-corrected chi connectivity index (χ2v) is 4.95. The topological polar surface area (TPSA) is 48.8 Å². The highest BCUT2D eigenvalue weighted by molar-refractivity contribution is 6.31. The Bertz CT molecular complexity index is 539. The van der Waals surface area contributed by atoms with E-state index in [1.54, 1.807) is 0 Å². The van der Waals surface area contributed by atoms with Gasteiger partial charge in [0.15, 0.2) is 0 Å². The fraction of sp³-hybridized carbons (Fsp3) is 0.462. The molecule has 2 aromatic rings. The van der Waals surface area contributed by atoms with Crippen molar-refractivity contribution in [3.63, 3.8) is 0 Å². The minimum absolute atomic E-state index is 0.0551. The molecule has 0 aliphatic carbocycles. The summed E-state index contributed by atoms with van der Waals surface area (Å²) in [5.74, 6) is 0. The van der Waals surface area contributed by atoms with Crippen LogP contribution in [0.15, 0.2) is 18.5 Å². The van der Waals surface area contributed by atoms with Crippen molar-refractivity contribution >= 4 is 11.6 Å². The van der Waals surface area contributed by atoms with E-state index >= 15 is 0 Å². The van der Waals surface area contributed by atoms with E-state index in [4.69, 9.17) is 17.3 Å². The molecule has 0 radical (unpaired) electrons. The van der Waals surface area contributed by atoms with Crippen LogP contribution >= 0.6 is 11.6 Å². The zero-order valence-electron chi connectivity index (χ0n) is 11.0. The van der Waals surface area contributed by atoms with Crippen LogP contribution in [0.4, 0.5) is 0 Å². The Kier molecular flexibility index (Phi) is 3.78. The molecule has 0 spiro atoms. The fourth-order valence-corrected chi connectivity index (χ4v) is 2.22. The molecule has 1 unspecified atom stereocenters. The van der Waals surface area contributed by atoms with Gasteiger partial charge >= 0.3 is 0 Å². The lowest BCUT2D eigenvalue weighted by Crippen LogP contribution is -2.08. The molecular formula is C13H19ClN4. The van der Waals surface area contributed by atoms with Crippen LogP contribution in [0.5, 0.6) is 0 Å². The van der Waals surface area contributed by atoms with Gasteiger partial charge in [-0.1, -0.05) is 11.6 Å². The summed E-state index contributed by atoms with van der Waals surface area (Å²) in [5, 5.41) is 5.17. The molecule has 2 N–H and O–H groups in total. The molecule has 0 bridgehead atoms. The summed E-state index contributed by atoms with van der Waals surface area (Å²) in [5.41, 5.74) is 8.91. The average molecular weight is 267 g/mol. The Balaban J connectivity index is 2.27. The summed E-state index contributed by atoms with van der Waals surface area (Å²) in [6.45, 7) is 7.52. The molecule has 2 aromatic heterocycles. The van der Waals surface area contributed by atoms with Crippen molar-refractivity contribution < 1.29 is 0 Å². The predicted octanol–water partition coefficient (Wildman–Crippen LogP) is 2.73. The number of rotatable bonds is 4. The molecule has 98 valence electrons. The maximum absolute atomic E-state index is 6.29. The number of nitrogens with zero attached hydrogens (tertiary/aromatic N) is 3. The van der Waals surface area contributed by atoms with Gasteiger partial charge in [-0.05, 0) is 32.4 Å². The second kappa shape index (κ2) is 5.16. The summed E-state index contributed by atoms with van der Waals surface area (Å²) < 4.78 is 4.04. The van der Waals surface area contributed by atoms with Crippen molar-refractivity contribution in [2.75, 3.05) is 0 Å². The van der Waals surface area contributed by atoms with Crippen molar-refractivity contribution in [2.45, 2.75) is 39.9 Å². The van der Waals surface area contributed by atoms with Crippen LogP contribution in [-0.2, 0) is 13.1 Å². The quantitative estimate of drug-likeness (QED) is 0.925. The standard InChI is InChI=1S/C13H19ClN4/c1-4-18-12(13(14)10(3)16-18)8-17-6-5-11(7-17)9(2)15/h5-7,9H,4,8,15H2,1-3H3. The summed E-state index contributed by atoms with van der Waals surface area (Å²) in [4.78, 5) is 0. The molecule has 2 rings (SSSR count). The first-order valence-electron chi connectivity index (χ1n) is 6.16. The van der Waals surface area contributed by atoms with E-state index < -0.39 is 0 Å². The maximum Gasteiger partial charge on any atom is 0.0865 e. The molecule has 2 heterocycles. The monoisotopic (exact) mass is 266 g/mol. The first-order chi connectivity index (χ1) is 8.52. The van der Waals surface area contributed by atoms with Crippen LogP contribution in [0.2, 0.25) is 5.02 Å². The summed E-state index contributed by atoms with van der Waals surface area (Å²) in [7, 11) is 0. The normalized spacial score (nSPS) is 12.9. The van der Waals surface area contributed by atoms with E-state index in [1.165, 1.54) is 0 Å². The van der Waals surface area contributed by atoms with E-state index in [9.17, 15) is 0 Å². The van der Waals surface area contributed by atoms with Crippen molar-refractivity contribution in [3.05, 3.63) is 40.4 Å². The van der Waals surface area contributed by atoms with E-state index in [-0.39, 0.29) is 6.04 Å². The number of hydrogen-bond acceptors (Lipinski definition) is 2. The minimum atomic E-state index is 0.0551. The smallest absolute Gasteiger partial charge is 0.0865 e. The molecule has 18 heavy (non-hydrogen) atoms. The highest BCUT2D eigenvalue weighted by atomic mass is 35.5. The van der Waals surface area contributed by atoms with Gasteiger partial charge in [0.25, 0.3) is 0 Å². The number of aromatic nitrogens is 3. The van der Waals surface area contributed by atoms with Crippen LogP contribution in [0.1, 0.15) is 36.8 Å². The van der Waals surface area contributed by atoms with Gasteiger partial charge in [-0.25, -0.2) is 0 Å². The lowest BCUT2D eigenvalue weighted by atomic mass is 10.2. The Morgan fingerprint density at radius 3 is 2.78 bits per heavy atom. The van der Waals surface area contributed by atoms with Gasteiger partial charge in [-0.3, -0.25) is 4.68 Å². The van der Waals surface area contributed by atoms with E-state index in [0.29, 0.717) is 0 Å². The first kappa shape index (κ1) is 13.2. The zero-order valence-corrected chi connectivity index (χ0v) is 11.8. The number of aryl methyl sites for hydroxylation is 2. The minimum Gasteiger partial charge on any atom is -0.348 e. The van der Waals surface area contributed by atoms with Crippen molar-refractivity contribution in [1.29, 1.82) is 0 Å². The maximum atomic E-state index is 6.29. The number of nitrogens with two attached hydrogens (primary N) is 1. The van der Waals surface area contributed by atoms with Gasteiger partial charge in [-0.15, -0.1) is 0 Å². The number of halogens is 1. The summed E-state index contributed by atoms with van der Waals surface area (Å²) in [6.07, 6.45) is 4.08. The highest BCUT2D eigenvalue weighted by Crippen LogP contribution is 2.22. The highest BCUT2D eigenvalue weighted by Gasteiger charge is 2.13. The molecule has 0 amide bonds. The molecule has 4 nitrogen and oxygen atoms in total. The van der Waals surface area contributed by atoms with Gasteiger partial charge in [0.2, 0.25) is 0 Å². The molecule has 0 aliphatic heterocycles. The second-order valence-electron chi connectivity index (χ2n) is 4.57. The van der Waals surface area contributed by atoms with Gasteiger partial charge in [0.05, 0.1) is 23.0 Å². The Labute approximate surface area is 112 Å². The lowest BCUT2D eigenvalue weighted by molar-refractivity contribution is 0.597. The Morgan fingerprint density at radius 2 is 2.22 bits per heavy atom. The van der Waals surface area contributed by atoms with Crippen LogP contribution < -0.4 is 5.73 Å². The first-order valence-corrected chi connectivity index (χ1v) is 6.53. The predicted molar refractivity (Wildman–Crippen MR) is 73.8 cm³/mol. The molecular weight excluding hydrogens is 248 g/mol. The molecule has 0 saturated carbocycles. The van der Waals surface area contributed by atoms with Crippen LogP contribution in [-0.4, -0.2) is 14.3 Å². The van der Waals surface area contributed by atoms with Gasteiger partial charge in [0.1, 0.15) is 0 Å². The summed E-state index contributed by atoms with van der Waals surface area (Å²) in [6, 6.07) is 2.09. The molecule has 1 atom stereocenters. The van der Waals surface area contributed by atoms with E-state index in [1.807, 2.05) is 30.8 Å². The fourth-order valence-electron chi connectivity index (χ4n) is 2.02. The van der Waals surface area contributed by atoms with Gasteiger partial charge in [0, 0.05) is 25.0 Å². The van der Waals surface area contributed by atoms with Crippen molar-refractivity contribution in [3.8, 4) is 0 Å². The van der Waals surface area contributed by atoms with Crippen LogP contribution in [0, 0.1) is 6.92 Å². The average Bonchev–Trinajstić information content (AvgIpc) is 2.89. The number of hydrogen-bond donors (Lipinski definition) is 1.